The van der Waals surface area contributed by atoms with Gasteiger partial charge in [0.05, 0.1) is 18.5 Å². The Morgan fingerprint density at radius 2 is 1.81 bits per heavy atom. The fourth-order valence-corrected chi connectivity index (χ4v) is 3.98. The lowest BCUT2D eigenvalue weighted by atomic mass is 9.91. The van der Waals surface area contributed by atoms with Crippen molar-refractivity contribution in [2.45, 2.75) is 37.5 Å². The lowest BCUT2D eigenvalue weighted by molar-refractivity contribution is -0.140. The Balaban J connectivity index is 1.52. The van der Waals surface area contributed by atoms with E-state index < -0.39 is 24.4 Å². The SMILES string of the molecule is [2H]C([2H])([2H])n1cc(C(F)(F)F)nc1-c1ccc(C(C)(O)c2ccnc(-c3c(OC)ncnc3C3CC3)n2)cc1. The number of rotatable bonds is 6. The summed E-state index contributed by atoms with van der Waals surface area (Å²) in [4.78, 5) is 21.1. The molecular weight excluding hydrogens is 473 g/mol. The van der Waals surface area contributed by atoms with Crippen LogP contribution in [0, 0.1) is 0 Å². The summed E-state index contributed by atoms with van der Waals surface area (Å²) in [6.45, 7) is -1.37. The molecule has 4 aromatic rings. The van der Waals surface area contributed by atoms with E-state index in [1.54, 1.807) is 6.07 Å². The van der Waals surface area contributed by atoms with Crippen LogP contribution in [-0.2, 0) is 18.8 Å². The Morgan fingerprint density at radius 1 is 1.06 bits per heavy atom. The number of alkyl halides is 3. The van der Waals surface area contributed by atoms with Gasteiger partial charge in [-0.2, -0.15) is 13.2 Å². The van der Waals surface area contributed by atoms with Gasteiger partial charge in [0.1, 0.15) is 23.3 Å². The molecule has 0 spiro atoms. The molecule has 1 saturated carbocycles. The molecule has 0 amide bonds. The van der Waals surface area contributed by atoms with E-state index >= 15 is 0 Å². The van der Waals surface area contributed by atoms with E-state index in [9.17, 15) is 18.3 Å². The molecule has 186 valence electrons. The number of hydrogen-bond acceptors (Lipinski definition) is 7. The van der Waals surface area contributed by atoms with Crippen molar-refractivity contribution < 1.29 is 27.1 Å². The normalized spacial score (nSPS) is 17.1. The summed E-state index contributed by atoms with van der Waals surface area (Å²) < 4.78 is 68.5. The van der Waals surface area contributed by atoms with E-state index in [0.717, 1.165) is 18.5 Å². The van der Waals surface area contributed by atoms with Crippen LogP contribution in [0.4, 0.5) is 13.2 Å². The molecule has 1 fully saturated rings. The topological polar surface area (TPSA) is 98.8 Å². The average molecular weight is 500 g/mol. The number of aliphatic hydroxyl groups is 1. The fraction of sp³-hybridized carbons (Fsp3) is 0.320. The highest BCUT2D eigenvalue weighted by Gasteiger charge is 2.35. The first-order valence-corrected chi connectivity index (χ1v) is 11.0. The highest BCUT2D eigenvalue weighted by Crippen LogP contribution is 2.45. The fourth-order valence-electron chi connectivity index (χ4n) is 3.98. The number of imidazole rings is 1. The van der Waals surface area contributed by atoms with Gasteiger partial charge >= 0.3 is 6.18 Å². The maximum absolute atomic E-state index is 13.2. The molecule has 1 aliphatic rings. The second kappa shape index (κ2) is 8.66. The zero-order valence-electron chi connectivity index (χ0n) is 22.3. The van der Waals surface area contributed by atoms with Crippen LogP contribution < -0.4 is 4.74 Å². The van der Waals surface area contributed by atoms with Crippen molar-refractivity contribution in [3.8, 4) is 28.7 Å². The van der Waals surface area contributed by atoms with Crippen molar-refractivity contribution in [2.24, 2.45) is 6.98 Å². The minimum Gasteiger partial charge on any atom is -0.480 e. The van der Waals surface area contributed by atoms with E-state index in [1.807, 2.05) is 0 Å². The third-order valence-electron chi connectivity index (χ3n) is 6.08. The Morgan fingerprint density at radius 3 is 2.44 bits per heavy atom. The lowest BCUT2D eigenvalue weighted by Crippen LogP contribution is -2.24. The molecule has 1 N–H and O–H groups in total. The number of aryl methyl sites for hydroxylation is 1. The van der Waals surface area contributed by atoms with Gasteiger partial charge in [0.25, 0.3) is 0 Å². The first kappa shape index (κ1) is 20.3. The van der Waals surface area contributed by atoms with Crippen LogP contribution in [0.5, 0.6) is 5.88 Å². The second-order valence-corrected chi connectivity index (χ2v) is 8.65. The Labute approximate surface area is 209 Å². The van der Waals surface area contributed by atoms with Crippen molar-refractivity contribution in [3.05, 3.63) is 71.7 Å². The summed E-state index contributed by atoms with van der Waals surface area (Å²) in [5.74, 6) is 0.471. The first-order valence-electron chi connectivity index (χ1n) is 12.5. The van der Waals surface area contributed by atoms with E-state index in [4.69, 9.17) is 8.85 Å². The van der Waals surface area contributed by atoms with Gasteiger partial charge in [0.15, 0.2) is 11.5 Å². The molecule has 1 aromatic carbocycles. The molecule has 0 saturated heterocycles. The van der Waals surface area contributed by atoms with Gasteiger partial charge in [-0.1, -0.05) is 24.3 Å². The van der Waals surface area contributed by atoms with Gasteiger partial charge in [-0.3, -0.25) is 0 Å². The number of benzene rings is 1. The van der Waals surface area contributed by atoms with Crippen LogP contribution in [0.15, 0.2) is 49.1 Å². The predicted octanol–water partition coefficient (Wildman–Crippen LogP) is 4.49. The minimum absolute atomic E-state index is 0.129. The van der Waals surface area contributed by atoms with Crippen LogP contribution in [0.1, 0.15) is 52.4 Å². The quantitative estimate of drug-likeness (QED) is 0.417. The zero-order chi connectivity index (χ0) is 28.2. The summed E-state index contributed by atoms with van der Waals surface area (Å²) in [7, 11) is 1.49. The van der Waals surface area contributed by atoms with Gasteiger partial charge in [0.2, 0.25) is 5.88 Å². The van der Waals surface area contributed by atoms with Crippen LogP contribution in [0.3, 0.4) is 0 Å². The monoisotopic (exact) mass is 499 g/mol. The second-order valence-electron chi connectivity index (χ2n) is 8.65. The predicted molar refractivity (Wildman–Crippen MR) is 124 cm³/mol. The van der Waals surface area contributed by atoms with Crippen molar-refractivity contribution in [1.82, 2.24) is 29.5 Å². The Bertz CT molecular complexity index is 1520. The maximum Gasteiger partial charge on any atom is 0.434 e. The number of aromatic nitrogens is 6. The molecule has 3 heterocycles. The summed E-state index contributed by atoms with van der Waals surface area (Å²) >= 11 is 0. The van der Waals surface area contributed by atoms with Gasteiger partial charge in [0, 0.05) is 35.0 Å². The summed E-state index contributed by atoms with van der Waals surface area (Å²) in [5.41, 5.74) is -0.906. The number of halogens is 3. The number of ether oxygens (including phenoxy) is 1. The standard InChI is InChI=1S/C25H23F3N6O2/c1-24(35,16-8-6-15(7-9-16)22-33-18(12-34(22)2)25(26,27)28)17-10-11-29-21(32-17)19-20(14-4-5-14)30-13-31-23(19)36-3/h6-14,35H,4-5H2,1-3H3/i2D3. The van der Waals surface area contributed by atoms with Crippen molar-refractivity contribution in [1.29, 1.82) is 0 Å². The molecule has 0 bridgehead atoms. The average Bonchev–Trinajstić information content (AvgIpc) is 3.63. The van der Waals surface area contributed by atoms with Crippen LogP contribution in [0.25, 0.3) is 22.8 Å². The molecule has 0 aliphatic heterocycles. The van der Waals surface area contributed by atoms with Gasteiger partial charge in [-0.15, -0.1) is 0 Å². The van der Waals surface area contributed by atoms with Crippen molar-refractivity contribution in [3.63, 3.8) is 0 Å². The molecule has 1 aliphatic carbocycles. The van der Waals surface area contributed by atoms with E-state index in [0.29, 0.717) is 27.8 Å². The summed E-state index contributed by atoms with van der Waals surface area (Å²) in [6, 6.07) is 7.29. The molecule has 1 unspecified atom stereocenters. The molecule has 36 heavy (non-hydrogen) atoms. The van der Waals surface area contributed by atoms with Crippen LogP contribution >= 0.6 is 0 Å². The Hall–Kier alpha value is -3.86. The van der Waals surface area contributed by atoms with Crippen LogP contribution in [-0.4, -0.2) is 41.7 Å². The molecule has 0 radical (unpaired) electrons. The largest absolute Gasteiger partial charge is 0.480 e. The maximum atomic E-state index is 13.2. The van der Waals surface area contributed by atoms with E-state index in [1.165, 1.54) is 50.8 Å². The van der Waals surface area contributed by atoms with Crippen molar-refractivity contribution in [2.75, 3.05) is 7.11 Å². The molecule has 8 nitrogen and oxygen atoms in total. The smallest absolute Gasteiger partial charge is 0.434 e. The lowest BCUT2D eigenvalue weighted by Gasteiger charge is -2.24. The molecule has 3 aromatic heterocycles. The number of methoxy groups -OCH3 is 1. The number of hydrogen-bond donors (Lipinski definition) is 1. The summed E-state index contributed by atoms with van der Waals surface area (Å²) in [6.07, 6.45) is 0.517. The third kappa shape index (κ3) is 4.30. The van der Waals surface area contributed by atoms with Crippen LogP contribution in [0.2, 0.25) is 0 Å². The molecular formula is C25H23F3N6O2. The highest BCUT2D eigenvalue weighted by atomic mass is 19.4. The van der Waals surface area contributed by atoms with E-state index in [-0.39, 0.29) is 28.8 Å². The minimum atomic E-state index is -4.81. The Kier molecular flexibility index (Phi) is 4.90. The van der Waals surface area contributed by atoms with Gasteiger partial charge in [-0.25, -0.2) is 24.9 Å². The van der Waals surface area contributed by atoms with Gasteiger partial charge < -0.3 is 14.4 Å². The zero-order valence-corrected chi connectivity index (χ0v) is 19.3. The first-order chi connectivity index (χ1) is 18.3. The molecule has 11 heteroatoms. The number of nitrogens with zero attached hydrogens (tertiary/aromatic N) is 6. The summed E-state index contributed by atoms with van der Waals surface area (Å²) in [5, 5.41) is 11.5. The third-order valence-corrected chi connectivity index (χ3v) is 6.08. The van der Waals surface area contributed by atoms with Crippen molar-refractivity contribution >= 4 is 0 Å². The molecule has 1 atom stereocenters. The van der Waals surface area contributed by atoms with Gasteiger partial charge in [-0.05, 0) is 31.4 Å². The molecule has 5 rings (SSSR count). The highest BCUT2D eigenvalue weighted by molar-refractivity contribution is 5.66. The van der Waals surface area contributed by atoms with E-state index in [2.05, 4.69) is 24.9 Å².